The van der Waals surface area contributed by atoms with Gasteiger partial charge >= 0.3 is 0 Å². The van der Waals surface area contributed by atoms with E-state index in [1.165, 1.54) is 0 Å². The van der Waals surface area contributed by atoms with E-state index < -0.39 is 14.6 Å². The third-order valence-electron chi connectivity index (χ3n) is 4.72. The van der Waals surface area contributed by atoms with Gasteiger partial charge in [0.2, 0.25) is 0 Å². The lowest BCUT2D eigenvalue weighted by Crippen LogP contribution is -2.41. The number of hydrogen-bond donors (Lipinski definition) is 0. The minimum atomic E-state index is -3.35. The SMILES string of the molecule is CCCCC1CCCC=CC1(C)S(=O)(=O)c1ccccc1. The largest absolute Gasteiger partial charge is 0.223 e. The number of benzene rings is 1. The van der Waals surface area contributed by atoms with Crippen LogP contribution < -0.4 is 0 Å². The summed E-state index contributed by atoms with van der Waals surface area (Å²) in [7, 11) is -3.35. The molecule has 2 nitrogen and oxygen atoms in total. The molecule has 2 rings (SSSR count). The number of unbranched alkanes of at least 4 members (excludes halogenated alkanes) is 1. The van der Waals surface area contributed by atoms with Crippen LogP contribution in [0.15, 0.2) is 47.4 Å². The van der Waals surface area contributed by atoms with E-state index in [0.29, 0.717) is 4.90 Å². The predicted octanol–water partition coefficient (Wildman–Crippen LogP) is 4.77. The lowest BCUT2D eigenvalue weighted by molar-refractivity contribution is 0.365. The van der Waals surface area contributed by atoms with E-state index in [-0.39, 0.29) is 5.92 Å². The molecule has 1 aliphatic rings. The number of hydrogen-bond acceptors (Lipinski definition) is 2. The minimum absolute atomic E-state index is 0.210. The summed E-state index contributed by atoms with van der Waals surface area (Å²) in [4.78, 5) is 0.445. The Kier molecular flexibility index (Phi) is 5.26. The summed E-state index contributed by atoms with van der Waals surface area (Å²) in [5.41, 5.74) is 0. The Morgan fingerprint density at radius 3 is 2.62 bits per heavy atom. The molecule has 116 valence electrons. The van der Waals surface area contributed by atoms with Crippen molar-refractivity contribution in [1.82, 2.24) is 0 Å². The second-order valence-electron chi connectivity index (χ2n) is 6.17. The van der Waals surface area contributed by atoms with Crippen LogP contribution >= 0.6 is 0 Å². The van der Waals surface area contributed by atoms with Gasteiger partial charge in [-0.2, -0.15) is 0 Å². The maximum Gasteiger partial charge on any atom is 0.187 e. The van der Waals surface area contributed by atoms with Gasteiger partial charge in [0, 0.05) is 0 Å². The summed E-state index contributed by atoms with van der Waals surface area (Å²) in [5, 5.41) is 0. The molecule has 1 aliphatic carbocycles. The lowest BCUT2D eigenvalue weighted by atomic mass is 9.86. The van der Waals surface area contributed by atoms with Crippen LogP contribution in [0, 0.1) is 5.92 Å². The van der Waals surface area contributed by atoms with Crippen LogP contribution in [0.25, 0.3) is 0 Å². The van der Waals surface area contributed by atoms with Crippen LogP contribution in [0.4, 0.5) is 0 Å². The fraction of sp³-hybridized carbons (Fsp3) is 0.556. The normalized spacial score (nSPS) is 26.5. The average molecular weight is 306 g/mol. The van der Waals surface area contributed by atoms with Crippen molar-refractivity contribution in [1.29, 1.82) is 0 Å². The monoisotopic (exact) mass is 306 g/mol. The molecule has 21 heavy (non-hydrogen) atoms. The first kappa shape index (κ1) is 16.3. The van der Waals surface area contributed by atoms with Gasteiger partial charge in [-0.15, -0.1) is 0 Å². The average Bonchev–Trinajstić information content (AvgIpc) is 2.69. The van der Waals surface area contributed by atoms with Crippen molar-refractivity contribution in [2.75, 3.05) is 0 Å². The summed E-state index contributed by atoms with van der Waals surface area (Å²) >= 11 is 0. The van der Waals surface area contributed by atoms with Gasteiger partial charge in [-0.1, -0.05) is 50.1 Å². The van der Waals surface area contributed by atoms with Gasteiger partial charge in [0.25, 0.3) is 0 Å². The summed E-state index contributed by atoms with van der Waals surface area (Å²) in [6, 6.07) is 8.90. The number of allylic oxidation sites excluding steroid dienone is 1. The van der Waals surface area contributed by atoms with E-state index in [1.54, 1.807) is 24.3 Å². The first-order valence-corrected chi connectivity index (χ1v) is 9.48. The van der Waals surface area contributed by atoms with E-state index in [0.717, 1.165) is 38.5 Å². The third-order valence-corrected chi connectivity index (χ3v) is 7.24. The fourth-order valence-corrected chi connectivity index (χ4v) is 5.24. The van der Waals surface area contributed by atoms with Crippen LogP contribution in [0.1, 0.15) is 52.4 Å². The number of rotatable bonds is 5. The Bertz CT molecular complexity index is 574. The second-order valence-corrected chi connectivity index (χ2v) is 8.53. The Morgan fingerprint density at radius 2 is 1.95 bits per heavy atom. The molecule has 2 unspecified atom stereocenters. The molecule has 0 amide bonds. The highest BCUT2D eigenvalue weighted by molar-refractivity contribution is 7.93. The Hall–Kier alpha value is -1.09. The molecule has 0 aromatic heterocycles. The van der Waals surface area contributed by atoms with Gasteiger partial charge in [-0.25, -0.2) is 8.42 Å². The van der Waals surface area contributed by atoms with Crippen molar-refractivity contribution >= 4 is 9.84 Å². The summed E-state index contributed by atoms with van der Waals surface area (Å²) in [5.74, 6) is 0.210. The van der Waals surface area contributed by atoms with Gasteiger partial charge < -0.3 is 0 Å². The Balaban J connectivity index is 2.43. The molecular formula is C18H26O2S. The predicted molar refractivity (Wildman–Crippen MR) is 88.0 cm³/mol. The van der Waals surface area contributed by atoms with E-state index >= 15 is 0 Å². The van der Waals surface area contributed by atoms with Gasteiger partial charge in [0.15, 0.2) is 9.84 Å². The fourth-order valence-electron chi connectivity index (χ4n) is 3.27. The van der Waals surface area contributed by atoms with Gasteiger partial charge in [0.05, 0.1) is 9.64 Å². The molecule has 2 atom stereocenters. The van der Waals surface area contributed by atoms with E-state index in [4.69, 9.17) is 0 Å². The topological polar surface area (TPSA) is 34.1 Å². The molecule has 0 bridgehead atoms. The lowest BCUT2D eigenvalue weighted by Gasteiger charge is -2.34. The van der Waals surface area contributed by atoms with E-state index in [2.05, 4.69) is 13.0 Å². The van der Waals surface area contributed by atoms with Gasteiger partial charge in [0.1, 0.15) is 0 Å². The molecule has 3 heteroatoms. The summed E-state index contributed by atoms with van der Waals surface area (Å²) in [6.07, 6.45) is 10.3. The molecule has 0 spiro atoms. The Labute approximate surface area is 129 Å². The van der Waals surface area contributed by atoms with Crippen LogP contribution in [0.2, 0.25) is 0 Å². The van der Waals surface area contributed by atoms with Crippen LogP contribution in [-0.2, 0) is 9.84 Å². The minimum Gasteiger partial charge on any atom is -0.223 e. The van der Waals surface area contributed by atoms with Crippen LogP contribution in [0.3, 0.4) is 0 Å². The zero-order chi connectivity index (χ0) is 15.3. The highest BCUT2D eigenvalue weighted by Gasteiger charge is 2.44. The maximum absolute atomic E-state index is 13.2. The van der Waals surface area contributed by atoms with E-state index in [1.807, 2.05) is 19.1 Å². The standard InChI is InChI=1S/C18H26O2S/c1-3-4-11-16-12-7-6-10-15-18(16,2)21(19,20)17-13-8-5-9-14-17/h5,8-10,13-16H,3-4,6-7,11-12H2,1-2H3. The van der Waals surface area contributed by atoms with Crippen molar-refractivity contribution in [3.05, 3.63) is 42.5 Å². The zero-order valence-electron chi connectivity index (χ0n) is 13.1. The highest BCUT2D eigenvalue weighted by Crippen LogP contribution is 2.40. The van der Waals surface area contributed by atoms with Crippen LogP contribution in [-0.4, -0.2) is 13.2 Å². The van der Waals surface area contributed by atoms with E-state index in [9.17, 15) is 8.42 Å². The van der Waals surface area contributed by atoms with Crippen LogP contribution in [0.5, 0.6) is 0 Å². The second kappa shape index (κ2) is 6.78. The molecule has 0 aliphatic heterocycles. The van der Waals surface area contributed by atoms with Crippen molar-refractivity contribution < 1.29 is 8.42 Å². The molecule has 0 saturated heterocycles. The van der Waals surface area contributed by atoms with Crippen molar-refractivity contribution in [3.8, 4) is 0 Å². The first-order valence-electron chi connectivity index (χ1n) is 7.99. The molecule has 0 saturated carbocycles. The quantitative estimate of drug-likeness (QED) is 0.735. The molecule has 0 radical (unpaired) electrons. The van der Waals surface area contributed by atoms with Crippen molar-refractivity contribution in [2.24, 2.45) is 5.92 Å². The van der Waals surface area contributed by atoms with Crippen molar-refractivity contribution in [3.63, 3.8) is 0 Å². The van der Waals surface area contributed by atoms with Crippen molar-refractivity contribution in [2.45, 2.75) is 62.0 Å². The molecular weight excluding hydrogens is 280 g/mol. The molecule has 0 heterocycles. The first-order chi connectivity index (χ1) is 10.0. The zero-order valence-corrected chi connectivity index (χ0v) is 13.9. The number of sulfone groups is 1. The summed E-state index contributed by atoms with van der Waals surface area (Å²) < 4.78 is 25.6. The molecule has 0 N–H and O–H groups in total. The smallest absolute Gasteiger partial charge is 0.187 e. The molecule has 0 fully saturated rings. The maximum atomic E-state index is 13.2. The van der Waals surface area contributed by atoms with Gasteiger partial charge in [-0.05, 0) is 50.7 Å². The Morgan fingerprint density at radius 1 is 1.24 bits per heavy atom. The summed E-state index contributed by atoms with van der Waals surface area (Å²) in [6.45, 7) is 4.08. The molecule has 1 aromatic rings. The third kappa shape index (κ3) is 3.23. The highest BCUT2D eigenvalue weighted by atomic mass is 32.2. The molecule has 1 aromatic carbocycles. The van der Waals surface area contributed by atoms with Gasteiger partial charge in [-0.3, -0.25) is 0 Å².